The number of carbonyl (C=O) groups excluding carboxylic acids is 1. The molecule has 9 nitrogen and oxygen atoms in total. The first-order valence-electron chi connectivity index (χ1n) is 7.43. The first-order chi connectivity index (χ1) is 11.9. The van der Waals surface area contributed by atoms with Crippen molar-refractivity contribution >= 4 is 12.0 Å². The lowest BCUT2D eigenvalue weighted by Crippen LogP contribution is -2.59. The summed E-state index contributed by atoms with van der Waals surface area (Å²) >= 11 is 0. The molecule has 2 rings (SSSR count). The summed E-state index contributed by atoms with van der Waals surface area (Å²) < 4.78 is 14.9. The van der Waals surface area contributed by atoms with Gasteiger partial charge < -0.3 is 39.7 Å². The van der Waals surface area contributed by atoms with E-state index in [0.717, 1.165) is 6.08 Å². The predicted octanol–water partition coefficient (Wildman–Crippen LogP) is -1.24. The summed E-state index contributed by atoms with van der Waals surface area (Å²) in [6.07, 6.45) is -5.32. The molecule has 1 fully saturated rings. The van der Waals surface area contributed by atoms with Crippen molar-refractivity contribution in [1.82, 2.24) is 0 Å². The smallest absolute Gasteiger partial charge is 0.333 e. The largest absolute Gasteiger partial charge is 0.507 e. The van der Waals surface area contributed by atoms with Crippen LogP contribution in [0.4, 0.5) is 0 Å². The molecular formula is C16H20O9. The number of esters is 1. The number of hydrogen-bond acceptors (Lipinski definition) is 9. The molecule has 1 saturated heterocycles. The fourth-order valence-electron chi connectivity index (χ4n) is 2.27. The number of aliphatic hydroxyl groups is 4. The molecule has 138 valence electrons. The summed E-state index contributed by atoms with van der Waals surface area (Å²) in [5.41, 5.74) is 0.326. The lowest BCUT2D eigenvalue weighted by Gasteiger charge is -2.38. The zero-order chi connectivity index (χ0) is 18.6. The molecule has 0 spiro atoms. The van der Waals surface area contributed by atoms with E-state index in [4.69, 9.17) is 19.3 Å². The van der Waals surface area contributed by atoms with Crippen LogP contribution < -0.4 is 4.74 Å². The van der Waals surface area contributed by atoms with E-state index in [1.807, 2.05) is 0 Å². The highest BCUT2D eigenvalue weighted by molar-refractivity contribution is 5.87. The van der Waals surface area contributed by atoms with Gasteiger partial charge in [-0.15, -0.1) is 0 Å². The minimum atomic E-state index is -1.68. The van der Waals surface area contributed by atoms with Crippen molar-refractivity contribution in [2.24, 2.45) is 0 Å². The Bertz CT molecular complexity index is 628. The number of aromatic hydroxyl groups is 1. The number of carbonyl (C=O) groups is 1. The molecule has 0 amide bonds. The molecular weight excluding hydrogens is 336 g/mol. The summed E-state index contributed by atoms with van der Waals surface area (Å²) in [6, 6.07) is 4.47. The number of phenols is 1. The Hall–Kier alpha value is -2.17. The molecule has 25 heavy (non-hydrogen) atoms. The van der Waals surface area contributed by atoms with E-state index < -0.39 is 43.3 Å². The summed E-state index contributed by atoms with van der Waals surface area (Å²) in [7, 11) is 1.45. The average Bonchev–Trinajstić information content (AvgIpc) is 2.61. The lowest BCUT2D eigenvalue weighted by atomic mass is 9.99. The molecule has 1 aliphatic rings. The Morgan fingerprint density at radius 3 is 2.56 bits per heavy atom. The van der Waals surface area contributed by atoms with E-state index in [2.05, 4.69) is 0 Å². The highest BCUT2D eigenvalue weighted by Gasteiger charge is 2.45. The Labute approximate surface area is 143 Å². The van der Waals surface area contributed by atoms with Gasteiger partial charge in [-0.25, -0.2) is 4.79 Å². The number of rotatable bonds is 5. The van der Waals surface area contributed by atoms with E-state index >= 15 is 0 Å². The first-order valence-corrected chi connectivity index (χ1v) is 7.43. The Morgan fingerprint density at radius 2 is 1.96 bits per heavy atom. The third-order valence-electron chi connectivity index (χ3n) is 3.72. The quantitative estimate of drug-likeness (QED) is 0.323. The van der Waals surface area contributed by atoms with Crippen molar-refractivity contribution in [1.29, 1.82) is 0 Å². The Balaban J connectivity index is 2.01. The van der Waals surface area contributed by atoms with Crippen molar-refractivity contribution in [2.45, 2.75) is 30.7 Å². The number of benzene rings is 1. The third kappa shape index (κ3) is 4.47. The molecule has 9 heteroatoms. The van der Waals surface area contributed by atoms with Crippen molar-refractivity contribution in [3.63, 3.8) is 0 Å². The van der Waals surface area contributed by atoms with Gasteiger partial charge >= 0.3 is 5.97 Å². The van der Waals surface area contributed by atoms with Gasteiger partial charge in [0.25, 0.3) is 0 Å². The van der Waals surface area contributed by atoms with Gasteiger partial charge in [-0.1, -0.05) is 0 Å². The number of aliphatic hydroxyl groups excluding tert-OH is 4. The number of ether oxygens (including phenoxy) is 3. The van der Waals surface area contributed by atoms with Crippen LogP contribution in [0.15, 0.2) is 24.3 Å². The van der Waals surface area contributed by atoms with Gasteiger partial charge in [0.05, 0.1) is 13.7 Å². The highest BCUT2D eigenvalue weighted by Crippen LogP contribution is 2.25. The van der Waals surface area contributed by atoms with Crippen molar-refractivity contribution in [3.8, 4) is 11.5 Å². The molecule has 0 bridgehead atoms. The summed E-state index contributed by atoms with van der Waals surface area (Å²) in [5.74, 6) is -0.589. The second-order valence-electron chi connectivity index (χ2n) is 5.39. The van der Waals surface area contributed by atoms with E-state index in [1.54, 1.807) is 6.07 Å². The number of hydrogen-bond donors (Lipinski definition) is 5. The second-order valence-corrected chi connectivity index (χ2v) is 5.39. The third-order valence-corrected chi connectivity index (χ3v) is 3.72. The van der Waals surface area contributed by atoms with E-state index in [0.29, 0.717) is 11.3 Å². The van der Waals surface area contributed by atoms with Crippen LogP contribution in [0.1, 0.15) is 5.56 Å². The Morgan fingerprint density at radius 1 is 1.24 bits per heavy atom. The molecule has 1 aromatic rings. The molecule has 1 heterocycles. The van der Waals surface area contributed by atoms with E-state index in [-0.39, 0.29) is 5.75 Å². The molecule has 5 atom stereocenters. The van der Waals surface area contributed by atoms with Gasteiger partial charge in [0.1, 0.15) is 35.9 Å². The SMILES string of the molecule is COc1ccc(/C=C/C(=O)OC2OC(CO)C(O)C(O)C2O)c(O)c1. The minimum absolute atomic E-state index is 0.115. The fourth-order valence-corrected chi connectivity index (χ4v) is 2.27. The summed E-state index contributed by atoms with van der Waals surface area (Å²) in [5, 5.41) is 47.9. The number of methoxy groups -OCH3 is 1. The normalized spacial score (nSPS) is 29.6. The average molecular weight is 356 g/mol. The maximum atomic E-state index is 11.8. The molecule has 0 radical (unpaired) electrons. The van der Waals surface area contributed by atoms with Gasteiger partial charge in [-0.2, -0.15) is 0 Å². The molecule has 1 aliphatic heterocycles. The van der Waals surface area contributed by atoms with Crippen molar-refractivity contribution in [3.05, 3.63) is 29.8 Å². The van der Waals surface area contributed by atoms with Crippen LogP contribution in [0.25, 0.3) is 6.08 Å². The van der Waals surface area contributed by atoms with Crippen LogP contribution in [0.5, 0.6) is 11.5 Å². The second kappa shape index (κ2) is 8.28. The predicted molar refractivity (Wildman–Crippen MR) is 83.6 cm³/mol. The summed E-state index contributed by atoms with van der Waals surface area (Å²) in [6.45, 7) is -0.630. The van der Waals surface area contributed by atoms with Crippen molar-refractivity contribution in [2.75, 3.05) is 13.7 Å². The topological polar surface area (TPSA) is 146 Å². The van der Waals surface area contributed by atoms with Crippen molar-refractivity contribution < 1.29 is 44.5 Å². The van der Waals surface area contributed by atoms with Gasteiger partial charge in [-0.05, 0) is 18.2 Å². The van der Waals surface area contributed by atoms with Crippen LogP contribution in [0, 0.1) is 0 Å². The van der Waals surface area contributed by atoms with Gasteiger partial charge in [-0.3, -0.25) is 0 Å². The molecule has 1 aromatic carbocycles. The van der Waals surface area contributed by atoms with Crippen LogP contribution in [0.3, 0.4) is 0 Å². The molecule has 0 aliphatic carbocycles. The Kier molecular flexibility index (Phi) is 6.34. The maximum absolute atomic E-state index is 11.8. The first kappa shape index (κ1) is 19.2. The lowest BCUT2D eigenvalue weighted by molar-refractivity contribution is -0.291. The molecule has 0 aromatic heterocycles. The van der Waals surface area contributed by atoms with E-state index in [9.17, 15) is 25.2 Å². The standard InChI is InChI=1S/C16H20O9/c1-23-9-4-2-8(10(18)6-9)3-5-12(19)25-16-15(22)14(21)13(20)11(7-17)24-16/h2-6,11,13-18,20-22H,7H2,1H3/b5-3+. The van der Waals surface area contributed by atoms with Gasteiger partial charge in [0.15, 0.2) is 0 Å². The zero-order valence-corrected chi connectivity index (χ0v) is 13.3. The zero-order valence-electron chi connectivity index (χ0n) is 13.3. The highest BCUT2D eigenvalue weighted by atomic mass is 16.7. The maximum Gasteiger partial charge on any atom is 0.333 e. The number of phenolic OH excluding ortho intramolecular Hbond substituents is 1. The van der Waals surface area contributed by atoms with Gasteiger partial charge in [0.2, 0.25) is 6.29 Å². The molecule has 5 unspecified atom stereocenters. The van der Waals surface area contributed by atoms with Crippen LogP contribution in [0.2, 0.25) is 0 Å². The van der Waals surface area contributed by atoms with E-state index in [1.165, 1.54) is 25.3 Å². The monoisotopic (exact) mass is 356 g/mol. The van der Waals surface area contributed by atoms with Crippen LogP contribution in [-0.4, -0.2) is 75.9 Å². The molecule has 5 N–H and O–H groups in total. The fraction of sp³-hybridized carbons (Fsp3) is 0.438. The van der Waals surface area contributed by atoms with Crippen LogP contribution in [-0.2, 0) is 14.3 Å². The van der Waals surface area contributed by atoms with Gasteiger partial charge in [0, 0.05) is 17.7 Å². The minimum Gasteiger partial charge on any atom is -0.507 e. The van der Waals surface area contributed by atoms with Crippen LogP contribution >= 0.6 is 0 Å². The summed E-state index contributed by atoms with van der Waals surface area (Å²) in [4.78, 5) is 11.8. The molecule has 0 saturated carbocycles.